The molecule has 0 bridgehead atoms. The van der Waals surface area contributed by atoms with Gasteiger partial charge in [0.05, 0.1) is 42.1 Å². The summed E-state index contributed by atoms with van der Waals surface area (Å²) in [5.74, 6) is 2.97. The van der Waals surface area contributed by atoms with Crippen molar-refractivity contribution < 1.29 is 18.9 Å². The van der Waals surface area contributed by atoms with Gasteiger partial charge in [-0.2, -0.15) is 4.98 Å². The van der Waals surface area contributed by atoms with E-state index in [2.05, 4.69) is 20.3 Å². The van der Waals surface area contributed by atoms with Gasteiger partial charge in [-0.3, -0.25) is 0 Å². The van der Waals surface area contributed by atoms with Gasteiger partial charge in [-0.25, -0.2) is 9.97 Å². The number of halogens is 2. The van der Waals surface area contributed by atoms with Gasteiger partial charge in [0.25, 0.3) is 0 Å². The lowest BCUT2D eigenvalue weighted by molar-refractivity contribution is 0.0261. The molecular formula is C21H22Cl2N4O4. The number of fused-ring (bicyclic) bond motifs is 1. The van der Waals surface area contributed by atoms with Gasteiger partial charge in [0.2, 0.25) is 5.88 Å². The molecule has 1 fully saturated rings. The average Bonchev–Trinajstić information content (AvgIpc) is 2.80. The van der Waals surface area contributed by atoms with Crippen LogP contribution in [0.15, 0.2) is 30.6 Å². The first-order valence-electron chi connectivity index (χ1n) is 9.87. The van der Waals surface area contributed by atoms with Crippen molar-refractivity contribution in [2.24, 2.45) is 0 Å². The summed E-state index contributed by atoms with van der Waals surface area (Å²) < 4.78 is 22.7. The van der Waals surface area contributed by atoms with Gasteiger partial charge in [0.15, 0.2) is 5.82 Å². The minimum absolute atomic E-state index is 0.0202. The van der Waals surface area contributed by atoms with Gasteiger partial charge in [0.1, 0.15) is 36.4 Å². The van der Waals surface area contributed by atoms with Gasteiger partial charge in [-0.15, -0.1) is 11.6 Å². The van der Waals surface area contributed by atoms with E-state index in [1.807, 2.05) is 12.1 Å². The Morgan fingerprint density at radius 1 is 1.16 bits per heavy atom. The van der Waals surface area contributed by atoms with E-state index in [-0.39, 0.29) is 6.10 Å². The summed E-state index contributed by atoms with van der Waals surface area (Å²) in [6.45, 7) is 1.70. The number of benzene rings is 1. The van der Waals surface area contributed by atoms with Crippen LogP contribution in [-0.4, -0.2) is 53.9 Å². The third kappa shape index (κ3) is 5.20. The zero-order valence-corrected chi connectivity index (χ0v) is 18.4. The second-order valence-corrected chi connectivity index (χ2v) is 7.60. The van der Waals surface area contributed by atoms with Crippen LogP contribution in [0.4, 0.5) is 11.6 Å². The number of ether oxygens (including phenoxy) is 4. The lowest BCUT2D eigenvalue weighted by Crippen LogP contribution is -2.26. The van der Waals surface area contributed by atoms with Gasteiger partial charge in [-0.1, -0.05) is 11.6 Å². The van der Waals surface area contributed by atoms with Crippen molar-refractivity contribution in [2.45, 2.75) is 18.9 Å². The first-order valence-corrected chi connectivity index (χ1v) is 10.8. The predicted octanol–water partition coefficient (Wildman–Crippen LogP) is 4.61. The highest BCUT2D eigenvalue weighted by atomic mass is 35.5. The summed E-state index contributed by atoms with van der Waals surface area (Å²) >= 11 is 12.1. The molecule has 8 nitrogen and oxygen atoms in total. The Morgan fingerprint density at radius 3 is 2.77 bits per heavy atom. The second kappa shape index (κ2) is 10.2. The van der Waals surface area contributed by atoms with E-state index in [1.165, 1.54) is 6.33 Å². The molecule has 1 aliphatic rings. The monoisotopic (exact) mass is 464 g/mol. The minimum atomic E-state index is 0.0202. The number of pyridine rings is 1. The molecule has 31 heavy (non-hydrogen) atoms. The molecule has 0 radical (unpaired) electrons. The van der Waals surface area contributed by atoms with Gasteiger partial charge < -0.3 is 24.3 Å². The van der Waals surface area contributed by atoms with E-state index in [0.29, 0.717) is 70.6 Å². The number of anilines is 2. The molecule has 1 aliphatic heterocycles. The average molecular weight is 465 g/mol. The number of methoxy groups -OCH3 is 1. The quantitative estimate of drug-likeness (QED) is 0.483. The Balaban J connectivity index is 1.76. The summed E-state index contributed by atoms with van der Waals surface area (Å²) in [6, 6.07) is 7.05. The first-order chi connectivity index (χ1) is 15.2. The highest BCUT2D eigenvalue weighted by molar-refractivity contribution is 6.33. The van der Waals surface area contributed by atoms with Crippen LogP contribution < -0.4 is 19.5 Å². The topological polar surface area (TPSA) is 87.6 Å². The van der Waals surface area contributed by atoms with Crippen molar-refractivity contribution in [1.29, 1.82) is 0 Å². The summed E-state index contributed by atoms with van der Waals surface area (Å²) in [7, 11) is 1.54. The molecule has 1 N–H and O–H groups in total. The van der Waals surface area contributed by atoms with Gasteiger partial charge in [-0.05, 0) is 6.07 Å². The number of rotatable bonds is 8. The Morgan fingerprint density at radius 2 is 2.00 bits per heavy atom. The lowest BCUT2D eigenvalue weighted by atomic mass is 10.1. The molecule has 1 aromatic carbocycles. The van der Waals surface area contributed by atoms with Crippen LogP contribution in [0.25, 0.3) is 10.9 Å². The SMILES string of the molecule is COc1ccc(Cl)c(Nc2ncnc3cc(OCCCl)cc(OC4CCOCC4)c23)n1. The Bertz CT molecular complexity index is 1050. The number of aromatic nitrogens is 3. The van der Waals surface area contributed by atoms with Crippen LogP contribution in [0.5, 0.6) is 17.4 Å². The molecule has 4 rings (SSSR count). The fourth-order valence-electron chi connectivity index (χ4n) is 3.27. The number of nitrogens with one attached hydrogen (secondary N) is 1. The van der Waals surface area contributed by atoms with E-state index in [9.17, 15) is 0 Å². The molecule has 0 atom stereocenters. The van der Waals surface area contributed by atoms with E-state index >= 15 is 0 Å². The normalized spacial score (nSPS) is 14.4. The molecule has 3 aromatic rings. The van der Waals surface area contributed by atoms with Crippen LogP contribution in [0.3, 0.4) is 0 Å². The van der Waals surface area contributed by atoms with E-state index in [0.717, 1.165) is 12.8 Å². The van der Waals surface area contributed by atoms with E-state index < -0.39 is 0 Å². The van der Waals surface area contributed by atoms with Crippen LogP contribution in [0, 0.1) is 0 Å². The molecule has 1 saturated heterocycles. The van der Waals surface area contributed by atoms with E-state index in [4.69, 9.17) is 42.1 Å². The third-order valence-corrected chi connectivity index (χ3v) is 5.21. The maximum atomic E-state index is 6.35. The molecule has 2 aromatic heterocycles. The molecule has 0 spiro atoms. The number of alkyl halides is 1. The van der Waals surface area contributed by atoms with Crippen LogP contribution in [-0.2, 0) is 4.74 Å². The van der Waals surface area contributed by atoms with Crippen molar-refractivity contribution in [1.82, 2.24) is 15.0 Å². The molecule has 164 valence electrons. The summed E-state index contributed by atoms with van der Waals surface area (Å²) in [6.07, 6.45) is 3.08. The van der Waals surface area contributed by atoms with Crippen molar-refractivity contribution in [2.75, 3.05) is 38.1 Å². The maximum absolute atomic E-state index is 6.35. The summed E-state index contributed by atoms with van der Waals surface area (Å²) in [4.78, 5) is 13.2. The second-order valence-electron chi connectivity index (χ2n) is 6.81. The zero-order valence-electron chi connectivity index (χ0n) is 16.9. The third-order valence-electron chi connectivity index (χ3n) is 4.75. The van der Waals surface area contributed by atoms with Gasteiger partial charge >= 0.3 is 0 Å². The molecule has 0 aliphatic carbocycles. The summed E-state index contributed by atoms with van der Waals surface area (Å²) in [5, 5.41) is 4.32. The largest absolute Gasteiger partial charge is 0.492 e. The summed E-state index contributed by atoms with van der Waals surface area (Å²) in [5.41, 5.74) is 0.658. The smallest absolute Gasteiger partial charge is 0.214 e. The molecule has 0 saturated carbocycles. The maximum Gasteiger partial charge on any atom is 0.214 e. The Hall–Kier alpha value is -2.55. The Labute approximate surface area is 189 Å². The minimum Gasteiger partial charge on any atom is -0.492 e. The molecular weight excluding hydrogens is 443 g/mol. The Kier molecular flexibility index (Phi) is 7.11. The molecule has 0 amide bonds. The van der Waals surface area contributed by atoms with Crippen LogP contribution in [0.1, 0.15) is 12.8 Å². The fraction of sp³-hybridized carbons (Fsp3) is 0.381. The number of nitrogens with zero attached hydrogens (tertiary/aromatic N) is 3. The van der Waals surface area contributed by atoms with Crippen molar-refractivity contribution in [3.8, 4) is 17.4 Å². The number of hydrogen-bond donors (Lipinski definition) is 1. The van der Waals surface area contributed by atoms with E-state index in [1.54, 1.807) is 19.2 Å². The first kappa shape index (κ1) is 21.7. The molecule has 3 heterocycles. The fourth-order valence-corrected chi connectivity index (χ4v) is 3.50. The number of hydrogen-bond acceptors (Lipinski definition) is 8. The van der Waals surface area contributed by atoms with Crippen LogP contribution >= 0.6 is 23.2 Å². The molecule has 10 heteroatoms. The van der Waals surface area contributed by atoms with Crippen LogP contribution in [0.2, 0.25) is 5.02 Å². The van der Waals surface area contributed by atoms with Crippen molar-refractivity contribution in [3.63, 3.8) is 0 Å². The standard InChI is InChI=1S/C21H22Cl2N4O4/c1-28-18-3-2-15(23)20(26-18)27-21-19-16(24-12-25-21)10-14(30-9-6-22)11-17(19)31-13-4-7-29-8-5-13/h2-3,10-13H,4-9H2,1H3,(H,24,25,26,27). The predicted molar refractivity (Wildman–Crippen MR) is 119 cm³/mol. The lowest BCUT2D eigenvalue weighted by Gasteiger charge is -2.24. The van der Waals surface area contributed by atoms with Crippen molar-refractivity contribution in [3.05, 3.63) is 35.6 Å². The highest BCUT2D eigenvalue weighted by Gasteiger charge is 2.20. The van der Waals surface area contributed by atoms with Gasteiger partial charge in [0, 0.05) is 31.0 Å². The zero-order chi connectivity index (χ0) is 21.6. The van der Waals surface area contributed by atoms with Crippen molar-refractivity contribution >= 4 is 45.7 Å². The molecule has 0 unspecified atom stereocenters. The highest BCUT2D eigenvalue weighted by Crippen LogP contribution is 2.37.